The van der Waals surface area contributed by atoms with Gasteiger partial charge in [-0.05, 0) is 48.2 Å². The number of ether oxygens (including phenoxy) is 2. The fraction of sp³-hybridized carbons (Fsp3) is 0.304. The Bertz CT molecular complexity index is 1150. The third kappa shape index (κ3) is 5.01. The Hall–Kier alpha value is -2.74. The number of nitrogens with one attached hydrogen (secondary N) is 1. The van der Waals surface area contributed by atoms with Crippen LogP contribution in [-0.4, -0.2) is 28.6 Å². The lowest BCUT2D eigenvalue weighted by Crippen LogP contribution is -2.26. The summed E-state index contributed by atoms with van der Waals surface area (Å²) in [7, 11) is 0. The maximum atomic E-state index is 12.3. The summed E-state index contributed by atoms with van der Waals surface area (Å²) < 4.78 is 16.5. The van der Waals surface area contributed by atoms with Gasteiger partial charge in [0.05, 0.1) is 6.54 Å². The molecule has 0 bridgehead atoms. The molecule has 1 aliphatic carbocycles. The quantitative estimate of drug-likeness (QED) is 0.505. The predicted octanol–water partition coefficient (Wildman–Crippen LogP) is 4.80. The minimum atomic E-state index is -0.203. The van der Waals surface area contributed by atoms with E-state index in [0.717, 1.165) is 35.5 Å². The first-order chi connectivity index (χ1) is 15.5. The van der Waals surface area contributed by atoms with Crippen LogP contribution in [0.15, 0.2) is 47.1 Å². The largest absolute Gasteiger partial charge is 0.454 e. The third-order valence-electron chi connectivity index (χ3n) is 5.31. The number of hydrogen-bond donors (Lipinski definition) is 1. The number of nitrogens with zero attached hydrogens (tertiary/aromatic N) is 2. The highest BCUT2D eigenvalue weighted by molar-refractivity contribution is 6.35. The third-order valence-corrected chi connectivity index (χ3v) is 5.89. The summed E-state index contributed by atoms with van der Waals surface area (Å²) in [6.45, 7) is 1.74. The molecule has 7 nitrogen and oxygen atoms in total. The average molecular weight is 474 g/mol. The molecule has 2 aromatic carbocycles. The number of hydrogen-bond acceptors (Lipinski definition) is 6. The van der Waals surface area contributed by atoms with Crippen LogP contribution in [0.3, 0.4) is 0 Å². The standard InChI is InChI=1S/C23H21Cl2N3O4/c24-16-3-2-15(18(25)8-16)10-28(9-14-1-6-20-21(7-14)32-13-31-20)11-22-27-19(12-30-22)23(29)26-17-4-5-17/h1-3,6-8,12,17H,4-5,9-11,13H2,(H,26,29). The lowest BCUT2D eigenvalue weighted by molar-refractivity contribution is 0.0946. The van der Waals surface area contributed by atoms with Crippen molar-refractivity contribution in [3.8, 4) is 11.5 Å². The molecule has 166 valence electrons. The van der Waals surface area contributed by atoms with E-state index in [0.29, 0.717) is 41.3 Å². The normalized spacial score (nSPS) is 14.7. The fourth-order valence-electron chi connectivity index (χ4n) is 3.52. The molecule has 1 amide bonds. The maximum Gasteiger partial charge on any atom is 0.273 e. The molecular formula is C23H21Cl2N3O4. The number of oxazole rings is 1. The molecule has 0 atom stereocenters. The maximum absolute atomic E-state index is 12.3. The van der Waals surface area contributed by atoms with Crippen LogP contribution >= 0.6 is 23.2 Å². The van der Waals surface area contributed by atoms with Gasteiger partial charge in [-0.2, -0.15) is 0 Å². The second kappa shape index (κ2) is 9.02. The van der Waals surface area contributed by atoms with Gasteiger partial charge in [0.25, 0.3) is 5.91 Å². The summed E-state index contributed by atoms with van der Waals surface area (Å²) in [6.07, 6.45) is 3.43. The Morgan fingerprint density at radius 3 is 2.72 bits per heavy atom. The first kappa shape index (κ1) is 21.1. The highest BCUT2D eigenvalue weighted by atomic mass is 35.5. The Labute approximate surface area is 195 Å². The number of halogens is 2. The molecule has 1 fully saturated rings. The van der Waals surface area contributed by atoms with Crippen molar-refractivity contribution in [2.75, 3.05) is 6.79 Å². The molecule has 1 saturated carbocycles. The second-order valence-corrected chi connectivity index (χ2v) is 8.79. The van der Waals surface area contributed by atoms with E-state index < -0.39 is 0 Å². The van der Waals surface area contributed by atoms with Crippen molar-refractivity contribution in [2.45, 2.75) is 38.5 Å². The molecule has 2 aliphatic rings. The summed E-state index contributed by atoms with van der Waals surface area (Å²) >= 11 is 12.5. The van der Waals surface area contributed by atoms with E-state index in [9.17, 15) is 4.79 Å². The number of amides is 1. The van der Waals surface area contributed by atoms with Crippen LogP contribution in [-0.2, 0) is 19.6 Å². The smallest absolute Gasteiger partial charge is 0.273 e. The molecule has 1 N–H and O–H groups in total. The molecule has 1 aliphatic heterocycles. The summed E-state index contributed by atoms with van der Waals surface area (Å²) in [5.41, 5.74) is 2.26. The number of aromatic nitrogens is 1. The van der Waals surface area contributed by atoms with Crippen LogP contribution in [0, 0.1) is 0 Å². The zero-order valence-corrected chi connectivity index (χ0v) is 18.7. The van der Waals surface area contributed by atoms with Crippen molar-refractivity contribution in [1.82, 2.24) is 15.2 Å². The number of carbonyl (C=O) groups excluding carboxylic acids is 1. The van der Waals surface area contributed by atoms with E-state index in [1.54, 1.807) is 6.07 Å². The van der Waals surface area contributed by atoms with Crippen molar-refractivity contribution in [3.05, 3.63) is 75.4 Å². The fourth-order valence-corrected chi connectivity index (χ4v) is 3.99. The van der Waals surface area contributed by atoms with Gasteiger partial charge in [-0.1, -0.05) is 35.3 Å². The molecule has 0 unspecified atom stereocenters. The lowest BCUT2D eigenvalue weighted by atomic mass is 10.1. The van der Waals surface area contributed by atoms with Gasteiger partial charge in [-0.25, -0.2) is 4.98 Å². The summed E-state index contributed by atoms with van der Waals surface area (Å²) in [5.74, 6) is 1.71. The summed E-state index contributed by atoms with van der Waals surface area (Å²) in [6, 6.07) is 11.6. The molecule has 2 heterocycles. The number of fused-ring (bicyclic) bond motifs is 1. The van der Waals surface area contributed by atoms with Crippen LogP contribution in [0.2, 0.25) is 10.0 Å². The molecule has 5 rings (SSSR count). The van der Waals surface area contributed by atoms with E-state index in [4.69, 9.17) is 37.1 Å². The minimum Gasteiger partial charge on any atom is -0.454 e. The van der Waals surface area contributed by atoms with Crippen molar-refractivity contribution < 1.29 is 18.7 Å². The predicted molar refractivity (Wildman–Crippen MR) is 119 cm³/mol. The molecule has 9 heteroatoms. The highest BCUT2D eigenvalue weighted by Gasteiger charge is 2.25. The first-order valence-electron chi connectivity index (χ1n) is 10.3. The zero-order valence-electron chi connectivity index (χ0n) is 17.1. The van der Waals surface area contributed by atoms with E-state index in [1.165, 1.54) is 6.26 Å². The van der Waals surface area contributed by atoms with Crippen LogP contribution in [0.5, 0.6) is 11.5 Å². The van der Waals surface area contributed by atoms with Gasteiger partial charge in [-0.3, -0.25) is 9.69 Å². The van der Waals surface area contributed by atoms with Crippen LogP contribution in [0.1, 0.15) is 40.3 Å². The van der Waals surface area contributed by atoms with Crippen molar-refractivity contribution in [2.24, 2.45) is 0 Å². The molecule has 0 spiro atoms. The second-order valence-electron chi connectivity index (χ2n) is 7.94. The topological polar surface area (TPSA) is 76.8 Å². The minimum absolute atomic E-state index is 0.203. The van der Waals surface area contributed by atoms with Gasteiger partial charge in [0, 0.05) is 29.2 Å². The van der Waals surface area contributed by atoms with Gasteiger partial charge < -0.3 is 19.2 Å². The Morgan fingerprint density at radius 2 is 1.91 bits per heavy atom. The van der Waals surface area contributed by atoms with Crippen LogP contribution in [0.4, 0.5) is 0 Å². The van der Waals surface area contributed by atoms with E-state index in [1.807, 2.05) is 30.3 Å². The van der Waals surface area contributed by atoms with Gasteiger partial charge >= 0.3 is 0 Å². The Morgan fingerprint density at radius 1 is 1.06 bits per heavy atom. The number of carbonyl (C=O) groups is 1. The van der Waals surface area contributed by atoms with Crippen molar-refractivity contribution in [3.63, 3.8) is 0 Å². The number of benzene rings is 2. The molecule has 32 heavy (non-hydrogen) atoms. The zero-order chi connectivity index (χ0) is 22.1. The summed E-state index contributed by atoms with van der Waals surface area (Å²) in [4.78, 5) is 18.8. The van der Waals surface area contributed by atoms with Gasteiger partial charge in [0.15, 0.2) is 17.2 Å². The van der Waals surface area contributed by atoms with Gasteiger partial charge in [0.1, 0.15) is 6.26 Å². The van der Waals surface area contributed by atoms with E-state index in [-0.39, 0.29) is 18.7 Å². The van der Waals surface area contributed by atoms with Crippen molar-refractivity contribution in [1.29, 1.82) is 0 Å². The van der Waals surface area contributed by atoms with Crippen molar-refractivity contribution >= 4 is 29.1 Å². The molecule has 0 radical (unpaired) electrons. The molecule has 1 aromatic heterocycles. The Kier molecular flexibility index (Phi) is 5.95. The molecular weight excluding hydrogens is 453 g/mol. The summed E-state index contributed by atoms with van der Waals surface area (Å²) in [5, 5.41) is 4.09. The van der Waals surface area contributed by atoms with E-state index in [2.05, 4.69) is 15.2 Å². The van der Waals surface area contributed by atoms with Crippen LogP contribution < -0.4 is 14.8 Å². The van der Waals surface area contributed by atoms with E-state index >= 15 is 0 Å². The lowest BCUT2D eigenvalue weighted by Gasteiger charge is -2.22. The van der Waals surface area contributed by atoms with Crippen LogP contribution in [0.25, 0.3) is 0 Å². The molecule has 0 saturated heterocycles. The van der Waals surface area contributed by atoms with Gasteiger partial charge in [-0.15, -0.1) is 0 Å². The number of rotatable bonds is 8. The first-order valence-corrected chi connectivity index (χ1v) is 11.1. The SMILES string of the molecule is O=C(NC1CC1)c1coc(CN(Cc2ccc3c(c2)OCO3)Cc2ccc(Cl)cc2Cl)n1. The average Bonchev–Trinajstić information content (AvgIpc) is 3.25. The monoisotopic (exact) mass is 473 g/mol. The van der Waals surface area contributed by atoms with Gasteiger partial charge in [0.2, 0.25) is 12.7 Å². The Balaban J connectivity index is 1.35. The molecule has 3 aromatic rings. The highest BCUT2D eigenvalue weighted by Crippen LogP contribution is 2.33.